The van der Waals surface area contributed by atoms with E-state index in [-0.39, 0.29) is 11.3 Å². The minimum Gasteiger partial charge on any atom is -0.325 e. The van der Waals surface area contributed by atoms with Gasteiger partial charge in [0, 0.05) is 5.69 Å². The van der Waals surface area contributed by atoms with Crippen molar-refractivity contribution in [2.75, 3.05) is 5.32 Å². The lowest BCUT2D eigenvalue weighted by Gasteiger charge is -2.19. The van der Waals surface area contributed by atoms with Gasteiger partial charge in [0.05, 0.1) is 6.04 Å². The van der Waals surface area contributed by atoms with E-state index in [1.165, 1.54) is 5.56 Å². The van der Waals surface area contributed by atoms with Gasteiger partial charge in [-0.25, -0.2) is 0 Å². The van der Waals surface area contributed by atoms with Crippen LogP contribution < -0.4 is 11.1 Å². The van der Waals surface area contributed by atoms with Crippen LogP contribution in [0.2, 0.25) is 0 Å². The molecule has 106 valence electrons. The van der Waals surface area contributed by atoms with Gasteiger partial charge in [0.2, 0.25) is 5.91 Å². The number of carbonyl (C=O) groups is 1. The molecule has 1 unspecified atom stereocenters. The fourth-order valence-corrected chi connectivity index (χ4v) is 1.84. The van der Waals surface area contributed by atoms with Gasteiger partial charge in [0.25, 0.3) is 0 Å². The Labute approximate surface area is 116 Å². The molecule has 3 nitrogen and oxygen atoms in total. The van der Waals surface area contributed by atoms with Crippen LogP contribution in [0.25, 0.3) is 0 Å². The summed E-state index contributed by atoms with van der Waals surface area (Å²) < 4.78 is 0. The highest BCUT2D eigenvalue weighted by Crippen LogP contribution is 2.23. The van der Waals surface area contributed by atoms with E-state index in [9.17, 15) is 4.79 Å². The first-order valence-electron chi connectivity index (χ1n) is 7.01. The molecule has 0 radical (unpaired) electrons. The Morgan fingerprint density at radius 1 is 1.26 bits per heavy atom. The summed E-state index contributed by atoms with van der Waals surface area (Å²) in [4.78, 5) is 11.9. The summed E-state index contributed by atoms with van der Waals surface area (Å²) in [5, 5.41) is 2.87. The second kappa shape index (κ2) is 6.71. The van der Waals surface area contributed by atoms with Crippen molar-refractivity contribution >= 4 is 11.6 Å². The molecule has 0 spiro atoms. The number of amides is 1. The lowest BCUT2D eigenvalue weighted by atomic mass is 9.87. The Balaban J connectivity index is 2.60. The zero-order valence-electron chi connectivity index (χ0n) is 12.5. The summed E-state index contributed by atoms with van der Waals surface area (Å²) in [7, 11) is 0. The quantitative estimate of drug-likeness (QED) is 0.854. The molecule has 0 aromatic heterocycles. The fraction of sp³-hybridized carbons (Fsp3) is 0.562. The number of unbranched alkanes of at least 4 members (excludes halogenated alkanes) is 1. The predicted molar refractivity (Wildman–Crippen MR) is 81.3 cm³/mol. The van der Waals surface area contributed by atoms with Crippen LogP contribution >= 0.6 is 0 Å². The zero-order chi connectivity index (χ0) is 14.5. The highest BCUT2D eigenvalue weighted by Gasteiger charge is 2.15. The molecule has 1 rings (SSSR count). The number of hydrogen-bond donors (Lipinski definition) is 2. The molecule has 0 aliphatic carbocycles. The van der Waals surface area contributed by atoms with Crippen LogP contribution in [0, 0.1) is 0 Å². The SMILES string of the molecule is CCCCC(N)C(=O)Nc1ccc(C(C)(C)C)cc1. The number of anilines is 1. The Morgan fingerprint density at radius 3 is 2.32 bits per heavy atom. The van der Waals surface area contributed by atoms with Crippen LogP contribution in [0.3, 0.4) is 0 Å². The summed E-state index contributed by atoms with van der Waals surface area (Å²) in [6, 6.07) is 7.55. The van der Waals surface area contributed by atoms with Crippen molar-refractivity contribution < 1.29 is 4.79 Å². The fourth-order valence-electron chi connectivity index (χ4n) is 1.84. The normalized spacial score (nSPS) is 13.1. The minimum atomic E-state index is -0.415. The van der Waals surface area contributed by atoms with E-state index in [0.29, 0.717) is 0 Å². The van der Waals surface area contributed by atoms with E-state index < -0.39 is 6.04 Å². The molecule has 1 aromatic carbocycles. The first-order valence-corrected chi connectivity index (χ1v) is 7.01. The van der Waals surface area contributed by atoms with Crippen LogP contribution in [-0.4, -0.2) is 11.9 Å². The van der Waals surface area contributed by atoms with Crippen molar-refractivity contribution in [3.05, 3.63) is 29.8 Å². The van der Waals surface area contributed by atoms with Crippen molar-refractivity contribution in [2.24, 2.45) is 5.73 Å². The van der Waals surface area contributed by atoms with Crippen LogP contribution in [-0.2, 0) is 10.2 Å². The maximum Gasteiger partial charge on any atom is 0.241 e. The highest BCUT2D eigenvalue weighted by atomic mass is 16.2. The third kappa shape index (κ3) is 5.03. The van der Waals surface area contributed by atoms with Crippen molar-refractivity contribution in [1.82, 2.24) is 0 Å². The van der Waals surface area contributed by atoms with E-state index in [2.05, 4.69) is 33.0 Å². The smallest absolute Gasteiger partial charge is 0.241 e. The molecule has 0 bridgehead atoms. The molecule has 19 heavy (non-hydrogen) atoms. The van der Waals surface area contributed by atoms with E-state index in [0.717, 1.165) is 24.9 Å². The van der Waals surface area contributed by atoms with E-state index in [4.69, 9.17) is 5.73 Å². The summed E-state index contributed by atoms with van der Waals surface area (Å²) >= 11 is 0. The average Bonchev–Trinajstić information content (AvgIpc) is 2.35. The third-order valence-electron chi connectivity index (χ3n) is 3.22. The maximum atomic E-state index is 11.9. The molecule has 0 saturated heterocycles. The number of benzene rings is 1. The number of hydrogen-bond acceptors (Lipinski definition) is 2. The molecule has 1 aromatic rings. The molecular weight excluding hydrogens is 236 g/mol. The second-order valence-corrected chi connectivity index (χ2v) is 6.07. The Bertz CT molecular complexity index is 404. The standard InChI is InChI=1S/C16H26N2O/c1-5-6-7-14(17)15(19)18-13-10-8-12(9-11-13)16(2,3)4/h8-11,14H,5-7,17H2,1-4H3,(H,18,19). The lowest BCUT2D eigenvalue weighted by Crippen LogP contribution is -2.35. The van der Waals surface area contributed by atoms with Crippen LogP contribution in [0.15, 0.2) is 24.3 Å². The summed E-state index contributed by atoms with van der Waals surface area (Å²) in [6.07, 6.45) is 2.78. The Morgan fingerprint density at radius 2 is 1.84 bits per heavy atom. The first kappa shape index (κ1) is 15.7. The van der Waals surface area contributed by atoms with Gasteiger partial charge >= 0.3 is 0 Å². The van der Waals surface area contributed by atoms with Gasteiger partial charge in [0.15, 0.2) is 0 Å². The van der Waals surface area contributed by atoms with Gasteiger partial charge in [-0.05, 0) is 29.5 Å². The Kier molecular flexibility index (Phi) is 5.55. The summed E-state index contributed by atoms with van der Waals surface area (Å²) in [5.41, 5.74) is 8.02. The first-order chi connectivity index (χ1) is 8.84. The average molecular weight is 262 g/mol. The van der Waals surface area contributed by atoms with Gasteiger partial charge in [-0.1, -0.05) is 52.7 Å². The van der Waals surface area contributed by atoms with E-state index >= 15 is 0 Å². The van der Waals surface area contributed by atoms with Crippen LogP contribution in [0.5, 0.6) is 0 Å². The predicted octanol–water partition coefficient (Wildman–Crippen LogP) is 3.44. The monoisotopic (exact) mass is 262 g/mol. The van der Waals surface area contributed by atoms with E-state index in [1.807, 2.05) is 24.3 Å². The maximum absolute atomic E-state index is 11.9. The van der Waals surface area contributed by atoms with Gasteiger partial charge in [0.1, 0.15) is 0 Å². The molecule has 0 aliphatic rings. The molecule has 0 aliphatic heterocycles. The van der Waals surface area contributed by atoms with Crippen molar-refractivity contribution in [3.8, 4) is 0 Å². The van der Waals surface area contributed by atoms with Crippen molar-refractivity contribution in [3.63, 3.8) is 0 Å². The van der Waals surface area contributed by atoms with Gasteiger partial charge < -0.3 is 11.1 Å². The molecule has 1 amide bonds. The number of nitrogens with one attached hydrogen (secondary N) is 1. The Hall–Kier alpha value is -1.35. The molecule has 3 N–H and O–H groups in total. The van der Waals surface area contributed by atoms with Gasteiger partial charge in [-0.3, -0.25) is 4.79 Å². The molecule has 3 heteroatoms. The second-order valence-electron chi connectivity index (χ2n) is 6.07. The minimum absolute atomic E-state index is 0.100. The largest absolute Gasteiger partial charge is 0.325 e. The number of nitrogens with two attached hydrogens (primary N) is 1. The molecular formula is C16H26N2O. The number of rotatable bonds is 5. The van der Waals surface area contributed by atoms with Crippen LogP contribution in [0.4, 0.5) is 5.69 Å². The zero-order valence-corrected chi connectivity index (χ0v) is 12.5. The topological polar surface area (TPSA) is 55.1 Å². The highest BCUT2D eigenvalue weighted by molar-refractivity contribution is 5.94. The lowest BCUT2D eigenvalue weighted by molar-refractivity contribution is -0.117. The molecule has 0 fully saturated rings. The summed E-state index contributed by atoms with van der Waals surface area (Å²) in [5.74, 6) is -0.100. The summed E-state index contributed by atoms with van der Waals surface area (Å²) in [6.45, 7) is 8.60. The molecule has 0 saturated carbocycles. The van der Waals surface area contributed by atoms with Crippen LogP contribution in [0.1, 0.15) is 52.5 Å². The third-order valence-corrected chi connectivity index (χ3v) is 3.22. The number of carbonyl (C=O) groups excluding carboxylic acids is 1. The van der Waals surface area contributed by atoms with Gasteiger partial charge in [-0.15, -0.1) is 0 Å². The molecule has 1 atom stereocenters. The van der Waals surface area contributed by atoms with Gasteiger partial charge in [-0.2, -0.15) is 0 Å². The molecule has 0 heterocycles. The van der Waals surface area contributed by atoms with Crippen molar-refractivity contribution in [2.45, 2.75) is 58.4 Å². The van der Waals surface area contributed by atoms with Crippen molar-refractivity contribution in [1.29, 1.82) is 0 Å². The van der Waals surface area contributed by atoms with E-state index in [1.54, 1.807) is 0 Å².